The summed E-state index contributed by atoms with van der Waals surface area (Å²) >= 11 is 3.37. The van der Waals surface area contributed by atoms with Crippen LogP contribution in [0.4, 0.5) is 0 Å². The van der Waals surface area contributed by atoms with E-state index in [-0.39, 0.29) is 5.91 Å². The van der Waals surface area contributed by atoms with E-state index >= 15 is 0 Å². The Bertz CT molecular complexity index is 188. The molecule has 1 N–H and O–H groups in total. The number of alkyl halides is 1. The summed E-state index contributed by atoms with van der Waals surface area (Å²) in [5, 5.41) is 2.85. The van der Waals surface area contributed by atoms with Crippen LogP contribution in [-0.2, 0) is 9.53 Å². The third-order valence-corrected chi connectivity index (χ3v) is 2.57. The van der Waals surface area contributed by atoms with Gasteiger partial charge in [-0.15, -0.1) is 0 Å². The minimum atomic E-state index is -0.581. The standard InChI is InChI=1S/C9H16BrNO2/c1-7(10)6-11-8(12)9(2)4-3-5-13-9/h7H,3-6H2,1-2H3,(H,11,12). The lowest BCUT2D eigenvalue weighted by Crippen LogP contribution is -2.45. The number of amides is 1. The zero-order chi connectivity index (χ0) is 9.90. The van der Waals surface area contributed by atoms with Gasteiger partial charge in [0.2, 0.25) is 0 Å². The number of carbonyl (C=O) groups excluding carboxylic acids is 1. The zero-order valence-corrected chi connectivity index (χ0v) is 9.69. The molecule has 1 fully saturated rings. The minimum absolute atomic E-state index is 0.0105. The summed E-state index contributed by atoms with van der Waals surface area (Å²) in [6.45, 7) is 5.21. The fourth-order valence-electron chi connectivity index (χ4n) is 1.38. The highest BCUT2D eigenvalue weighted by atomic mass is 79.9. The monoisotopic (exact) mass is 249 g/mol. The van der Waals surface area contributed by atoms with Gasteiger partial charge >= 0.3 is 0 Å². The smallest absolute Gasteiger partial charge is 0.252 e. The predicted octanol–water partition coefficient (Wildman–Crippen LogP) is 1.46. The lowest BCUT2D eigenvalue weighted by Gasteiger charge is -2.22. The van der Waals surface area contributed by atoms with Crippen LogP contribution < -0.4 is 5.32 Å². The Hall–Kier alpha value is -0.0900. The maximum Gasteiger partial charge on any atom is 0.252 e. The lowest BCUT2D eigenvalue weighted by atomic mass is 10.0. The first kappa shape index (κ1) is 11.0. The maximum absolute atomic E-state index is 11.6. The molecule has 3 nitrogen and oxygen atoms in total. The fraction of sp³-hybridized carbons (Fsp3) is 0.889. The highest BCUT2D eigenvalue weighted by Gasteiger charge is 2.37. The van der Waals surface area contributed by atoms with Crippen molar-refractivity contribution in [3.63, 3.8) is 0 Å². The average Bonchev–Trinajstić information content (AvgIpc) is 2.49. The molecule has 2 atom stereocenters. The molecule has 0 aliphatic carbocycles. The molecule has 1 saturated heterocycles. The first-order valence-corrected chi connectivity index (χ1v) is 5.52. The van der Waals surface area contributed by atoms with Gasteiger partial charge in [-0.2, -0.15) is 0 Å². The Morgan fingerprint density at radius 2 is 2.46 bits per heavy atom. The van der Waals surface area contributed by atoms with Gasteiger partial charge in [0.05, 0.1) is 0 Å². The number of nitrogens with one attached hydrogen (secondary N) is 1. The Kier molecular flexibility index (Phi) is 3.74. The summed E-state index contributed by atoms with van der Waals surface area (Å²) in [6.07, 6.45) is 1.81. The second-order valence-corrected chi connectivity index (χ2v) is 5.24. The highest BCUT2D eigenvalue weighted by molar-refractivity contribution is 9.09. The van der Waals surface area contributed by atoms with Crippen molar-refractivity contribution in [2.75, 3.05) is 13.2 Å². The summed E-state index contributed by atoms with van der Waals surface area (Å²) in [5.74, 6) is 0.0105. The van der Waals surface area contributed by atoms with Crippen molar-refractivity contribution >= 4 is 21.8 Å². The van der Waals surface area contributed by atoms with Crippen molar-refractivity contribution in [3.8, 4) is 0 Å². The Balaban J connectivity index is 2.38. The second kappa shape index (κ2) is 4.42. The molecule has 4 heteroatoms. The topological polar surface area (TPSA) is 38.3 Å². The molecular weight excluding hydrogens is 234 g/mol. The van der Waals surface area contributed by atoms with Crippen molar-refractivity contribution in [1.29, 1.82) is 0 Å². The van der Waals surface area contributed by atoms with Crippen molar-refractivity contribution in [2.24, 2.45) is 0 Å². The molecule has 0 bridgehead atoms. The largest absolute Gasteiger partial charge is 0.365 e. The molecule has 0 saturated carbocycles. The summed E-state index contributed by atoms with van der Waals surface area (Å²) in [4.78, 5) is 11.9. The highest BCUT2D eigenvalue weighted by Crippen LogP contribution is 2.24. The molecule has 13 heavy (non-hydrogen) atoms. The number of rotatable bonds is 3. The van der Waals surface area contributed by atoms with Crippen LogP contribution in [0.3, 0.4) is 0 Å². The summed E-state index contributed by atoms with van der Waals surface area (Å²) < 4.78 is 5.41. The minimum Gasteiger partial charge on any atom is -0.365 e. The number of carbonyl (C=O) groups is 1. The maximum atomic E-state index is 11.6. The van der Waals surface area contributed by atoms with Gasteiger partial charge in [0.25, 0.3) is 5.91 Å². The van der Waals surface area contributed by atoms with Gasteiger partial charge in [-0.3, -0.25) is 4.79 Å². The Morgan fingerprint density at radius 1 is 1.77 bits per heavy atom. The first-order chi connectivity index (χ1) is 6.04. The first-order valence-electron chi connectivity index (χ1n) is 4.61. The van der Waals surface area contributed by atoms with E-state index in [1.54, 1.807) is 0 Å². The zero-order valence-electron chi connectivity index (χ0n) is 8.10. The van der Waals surface area contributed by atoms with Gasteiger partial charge in [-0.1, -0.05) is 22.9 Å². The van der Waals surface area contributed by atoms with E-state index in [1.807, 2.05) is 13.8 Å². The molecule has 0 aromatic carbocycles. The number of hydrogen-bond donors (Lipinski definition) is 1. The van der Waals surface area contributed by atoms with Gasteiger partial charge in [-0.05, 0) is 19.8 Å². The molecule has 2 unspecified atom stereocenters. The SMILES string of the molecule is CC(Br)CNC(=O)C1(C)CCCO1. The summed E-state index contributed by atoms with van der Waals surface area (Å²) in [6, 6.07) is 0. The normalized spacial score (nSPS) is 30.1. The van der Waals surface area contributed by atoms with E-state index in [0.717, 1.165) is 12.8 Å². The summed E-state index contributed by atoms with van der Waals surface area (Å²) in [5.41, 5.74) is -0.581. The molecule has 1 aliphatic rings. The van der Waals surface area contributed by atoms with Crippen LogP contribution in [-0.4, -0.2) is 29.5 Å². The third kappa shape index (κ3) is 2.95. The molecule has 1 rings (SSSR count). The van der Waals surface area contributed by atoms with E-state index in [9.17, 15) is 4.79 Å². The lowest BCUT2D eigenvalue weighted by molar-refractivity contribution is -0.139. The van der Waals surface area contributed by atoms with E-state index in [4.69, 9.17) is 4.74 Å². The van der Waals surface area contributed by atoms with Crippen LogP contribution in [0.2, 0.25) is 0 Å². The van der Waals surface area contributed by atoms with Gasteiger partial charge in [-0.25, -0.2) is 0 Å². The second-order valence-electron chi connectivity index (χ2n) is 3.67. The molecule has 1 amide bonds. The van der Waals surface area contributed by atoms with Crippen molar-refractivity contribution in [2.45, 2.75) is 37.1 Å². The van der Waals surface area contributed by atoms with E-state index in [1.165, 1.54) is 0 Å². The fourth-order valence-corrected chi connectivity index (χ4v) is 1.54. The third-order valence-electron chi connectivity index (χ3n) is 2.24. The van der Waals surface area contributed by atoms with Gasteiger partial charge in [0.1, 0.15) is 5.60 Å². The van der Waals surface area contributed by atoms with Gasteiger partial charge < -0.3 is 10.1 Å². The molecule has 1 heterocycles. The van der Waals surface area contributed by atoms with Crippen LogP contribution in [0.5, 0.6) is 0 Å². The van der Waals surface area contributed by atoms with Crippen LogP contribution in [0, 0.1) is 0 Å². The predicted molar refractivity (Wildman–Crippen MR) is 55.0 cm³/mol. The Labute approximate surface area is 87.3 Å². The molecule has 1 aliphatic heterocycles. The van der Waals surface area contributed by atoms with Gasteiger partial charge in [0.15, 0.2) is 0 Å². The van der Waals surface area contributed by atoms with E-state index in [0.29, 0.717) is 18.0 Å². The van der Waals surface area contributed by atoms with Crippen molar-refractivity contribution in [1.82, 2.24) is 5.32 Å². The number of halogens is 1. The van der Waals surface area contributed by atoms with Crippen LogP contribution >= 0.6 is 15.9 Å². The van der Waals surface area contributed by atoms with Crippen LogP contribution in [0.15, 0.2) is 0 Å². The van der Waals surface area contributed by atoms with Crippen molar-refractivity contribution < 1.29 is 9.53 Å². The van der Waals surface area contributed by atoms with E-state index in [2.05, 4.69) is 21.2 Å². The quantitative estimate of drug-likeness (QED) is 0.770. The van der Waals surface area contributed by atoms with Crippen molar-refractivity contribution in [3.05, 3.63) is 0 Å². The average molecular weight is 250 g/mol. The molecule has 0 aromatic heterocycles. The number of hydrogen-bond acceptors (Lipinski definition) is 2. The number of ether oxygens (including phenoxy) is 1. The molecular formula is C9H16BrNO2. The van der Waals surface area contributed by atoms with Gasteiger partial charge in [0, 0.05) is 18.0 Å². The van der Waals surface area contributed by atoms with E-state index < -0.39 is 5.60 Å². The molecule has 0 aromatic rings. The molecule has 76 valence electrons. The van der Waals surface area contributed by atoms with Crippen LogP contribution in [0.25, 0.3) is 0 Å². The molecule has 0 spiro atoms. The Morgan fingerprint density at radius 3 is 2.92 bits per heavy atom. The van der Waals surface area contributed by atoms with Crippen LogP contribution in [0.1, 0.15) is 26.7 Å². The summed E-state index contributed by atoms with van der Waals surface area (Å²) in [7, 11) is 0. The molecule has 0 radical (unpaired) electrons.